The first kappa shape index (κ1) is 26.2. The molecule has 0 atom stereocenters. The summed E-state index contributed by atoms with van der Waals surface area (Å²) in [7, 11) is 1.81. The molecular formula is C26H37N3O4. The van der Waals surface area contributed by atoms with Crippen LogP contribution in [0.2, 0.25) is 0 Å². The van der Waals surface area contributed by atoms with E-state index in [-0.39, 0.29) is 5.56 Å². The van der Waals surface area contributed by atoms with E-state index in [9.17, 15) is 9.59 Å². The number of hydrogen-bond donors (Lipinski definition) is 1. The molecule has 180 valence electrons. The van der Waals surface area contributed by atoms with Gasteiger partial charge >= 0.3 is 6.09 Å². The molecule has 0 fully saturated rings. The topological polar surface area (TPSA) is 96.4 Å². The number of ether oxygens (including phenoxy) is 2. The van der Waals surface area contributed by atoms with Crippen LogP contribution in [0.5, 0.6) is 5.75 Å². The molecule has 33 heavy (non-hydrogen) atoms. The van der Waals surface area contributed by atoms with E-state index >= 15 is 0 Å². The second kappa shape index (κ2) is 11.2. The van der Waals surface area contributed by atoms with Crippen LogP contribution in [-0.2, 0) is 18.2 Å². The molecule has 0 aliphatic rings. The molecule has 0 spiro atoms. The zero-order chi connectivity index (χ0) is 24.8. The molecule has 0 unspecified atom stereocenters. The maximum atomic E-state index is 12.6. The number of benzene rings is 1. The SMILES string of the molecule is CC(C)(C)OC(N)=O.CCc1cc2c3ccncc3c(=O)n(C)c2cc1OCCCC(C)C. The maximum Gasteiger partial charge on any atom is 0.405 e. The Morgan fingerprint density at radius 2 is 1.88 bits per heavy atom. The van der Waals surface area contributed by atoms with Gasteiger partial charge in [-0.3, -0.25) is 9.78 Å². The summed E-state index contributed by atoms with van der Waals surface area (Å²) in [4.78, 5) is 26.7. The lowest BCUT2D eigenvalue weighted by Gasteiger charge is -2.16. The molecule has 1 aromatic carbocycles. The molecule has 0 aliphatic carbocycles. The molecule has 0 saturated heterocycles. The summed E-state index contributed by atoms with van der Waals surface area (Å²) < 4.78 is 12.3. The first-order valence-electron chi connectivity index (χ1n) is 11.4. The second-order valence-electron chi connectivity index (χ2n) is 9.53. The monoisotopic (exact) mass is 455 g/mol. The number of carbonyl (C=O) groups is 1. The number of nitrogens with two attached hydrogens (primary N) is 1. The Morgan fingerprint density at radius 1 is 1.18 bits per heavy atom. The third-order valence-corrected chi connectivity index (χ3v) is 5.16. The summed E-state index contributed by atoms with van der Waals surface area (Å²) in [5.41, 5.74) is 6.32. The van der Waals surface area contributed by atoms with E-state index in [1.807, 2.05) is 19.2 Å². The van der Waals surface area contributed by atoms with Crippen molar-refractivity contribution < 1.29 is 14.3 Å². The number of hydrogen-bond acceptors (Lipinski definition) is 5. The van der Waals surface area contributed by atoms with Crippen LogP contribution in [0, 0.1) is 5.92 Å². The fourth-order valence-corrected chi connectivity index (χ4v) is 3.58. The van der Waals surface area contributed by atoms with Crippen molar-refractivity contribution in [2.24, 2.45) is 18.7 Å². The number of amides is 1. The van der Waals surface area contributed by atoms with Gasteiger partial charge in [0, 0.05) is 30.9 Å². The van der Waals surface area contributed by atoms with E-state index in [4.69, 9.17) is 10.5 Å². The van der Waals surface area contributed by atoms with Crippen molar-refractivity contribution in [1.29, 1.82) is 0 Å². The molecule has 2 N–H and O–H groups in total. The Hall–Kier alpha value is -3.09. The van der Waals surface area contributed by atoms with Gasteiger partial charge in [-0.1, -0.05) is 20.8 Å². The third-order valence-electron chi connectivity index (χ3n) is 5.16. The number of aryl methyl sites for hydroxylation is 2. The number of fused-ring (bicyclic) bond motifs is 3. The minimum Gasteiger partial charge on any atom is -0.493 e. The number of carbonyl (C=O) groups excluding carboxylic acids is 1. The van der Waals surface area contributed by atoms with Crippen LogP contribution in [0.25, 0.3) is 21.7 Å². The van der Waals surface area contributed by atoms with E-state index in [0.29, 0.717) is 17.9 Å². The zero-order valence-corrected chi connectivity index (χ0v) is 20.9. The fourth-order valence-electron chi connectivity index (χ4n) is 3.58. The van der Waals surface area contributed by atoms with Crippen molar-refractivity contribution in [3.8, 4) is 5.75 Å². The lowest BCUT2D eigenvalue weighted by Crippen LogP contribution is -2.27. The van der Waals surface area contributed by atoms with Gasteiger partial charge in [0.05, 0.1) is 17.5 Å². The van der Waals surface area contributed by atoms with E-state index < -0.39 is 11.7 Å². The molecule has 0 aliphatic heterocycles. The van der Waals surface area contributed by atoms with Gasteiger partial charge in [-0.05, 0) is 69.0 Å². The average molecular weight is 456 g/mol. The normalized spacial score (nSPS) is 11.4. The molecule has 0 bridgehead atoms. The van der Waals surface area contributed by atoms with Crippen LogP contribution >= 0.6 is 0 Å². The van der Waals surface area contributed by atoms with E-state index in [0.717, 1.165) is 41.3 Å². The minimum absolute atomic E-state index is 0.0226. The van der Waals surface area contributed by atoms with E-state index in [2.05, 4.69) is 36.6 Å². The molecule has 2 heterocycles. The fraction of sp³-hybridized carbons (Fsp3) is 0.500. The summed E-state index contributed by atoms with van der Waals surface area (Å²) in [5, 5.41) is 2.69. The molecule has 0 radical (unpaired) electrons. The first-order valence-corrected chi connectivity index (χ1v) is 11.4. The number of nitrogens with zero attached hydrogens (tertiary/aromatic N) is 2. The highest BCUT2D eigenvalue weighted by Crippen LogP contribution is 2.30. The van der Waals surface area contributed by atoms with E-state index in [1.165, 1.54) is 5.56 Å². The van der Waals surface area contributed by atoms with Crippen molar-refractivity contribution in [3.63, 3.8) is 0 Å². The molecule has 2 aromatic heterocycles. The van der Waals surface area contributed by atoms with Crippen molar-refractivity contribution in [1.82, 2.24) is 9.55 Å². The van der Waals surface area contributed by atoms with Crippen LogP contribution in [-0.4, -0.2) is 27.9 Å². The van der Waals surface area contributed by atoms with Crippen molar-refractivity contribution in [2.45, 2.75) is 66.4 Å². The molecular weight excluding hydrogens is 418 g/mol. The van der Waals surface area contributed by atoms with Gasteiger partial charge in [0.1, 0.15) is 11.4 Å². The van der Waals surface area contributed by atoms with Crippen LogP contribution in [0.4, 0.5) is 4.79 Å². The minimum atomic E-state index is -0.725. The summed E-state index contributed by atoms with van der Waals surface area (Å²) in [6.07, 6.45) is 5.76. The first-order chi connectivity index (χ1) is 15.4. The molecule has 3 aromatic rings. The van der Waals surface area contributed by atoms with Gasteiger partial charge in [0.2, 0.25) is 0 Å². The summed E-state index contributed by atoms with van der Waals surface area (Å²) >= 11 is 0. The third kappa shape index (κ3) is 7.20. The number of aromatic nitrogens is 2. The standard InChI is InChI=1S/C21H26N2O2.C5H11NO2/c1-5-15-11-17-16-8-9-22-13-18(16)21(24)23(4)19(17)12-20(15)25-10-6-7-14(2)3;1-5(2,3)8-4(6)7/h8-9,11-14H,5-7,10H2,1-4H3;1-3H3,(H2,6,7). The predicted octanol–water partition coefficient (Wildman–Crippen LogP) is 5.34. The lowest BCUT2D eigenvalue weighted by atomic mass is 10.0. The largest absolute Gasteiger partial charge is 0.493 e. The van der Waals surface area contributed by atoms with Gasteiger partial charge in [-0.25, -0.2) is 4.79 Å². The molecule has 1 amide bonds. The Bertz CT molecular complexity index is 1160. The Kier molecular flexibility index (Phi) is 8.85. The summed E-state index contributed by atoms with van der Waals surface area (Å²) in [6, 6.07) is 6.10. The highest BCUT2D eigenvalue weighted by atomic mass is 16.6. The van der Waals surface area contributed by atoms with Crippen LogP contribution in [0.3, 0.4) is 0 Å². The van der Waals surface area contributed by atoms with Gasteiger partial charge < -0.3 is 19.8 Å². The van der Waals surface area contributed by atoms with Crippen molar-refractivity contribution in [2.75, 3.05) is 6.61 Å². The van der Waals surface area contributed by atoms with Gasteiger partial charge in [0.25, 0.3) is 5.56 Å². The van der Waals surface area contributed by atoms with Crippen LogP contribution in [0.1, 0.15) is 59.9 Å². The number of rotatable bonds is 6. The molecule has 7 nitrogen and oxygen atoms in total. The Labute approximate surface area is 195 Å². The van der Waals surface area contributed by atoms with Crippen molar-refractivity contribution >= 4 is 27.8 Å². The van der Waals surface area contributed by atoms with Crippen LogP contribution in [0.15, 0.2) is 35.4 Å². The van der Waals surface area contributed by atoms with Gasteiger partial charge in [-0.2, -0.15) is 0 Å². The highest BCUT2D eigenvalue weighted by molar-refractivity contribution is 6.05. The van der Waals surface area contributed by atoms with Crippen LogP contribution < -0.4 is 16.0 Å². The quantitative estimate of drug-likeness (QED) is 0.399. The second-order valence-corrected chi connectivity index (χ2v) is 9.53. The molecule has 0 saturated carbocycles. The van der Waals surface area contributed by atoms with Gasteiger partial charge in [0.15, 0.2) is 0 Å². The lowest BCUT2D eigenvalue weighted by molar-refractivity contribution is 0.0600. The predicted molar refractivity (Wildman–Crippen MR) is 134 cm³/mol. The molecule has 3 rings (SSSR count). The maximum absolute atomic E-state index is 12.6. The molecule has 7 heteroatoms. The number of primary amides is 1. The smallest absolute Gasteiger partial charge is 0.405 e. The Morgan fingerprint density at radius 3 is 2.42 bits per heavy atom. The summed E-state index contributed by atoms with van der Waals surface area (Å²) in [5.74, 6) is 1.58. The average Bonchev–Trinajstić information content (AvgIpc) is 2.73. The summed E-state index contributed by atoms with van der Waals surface area (Å²) in [6.45, 7) is 12.6. The number of pyridine rings is 2. The van der Waals surface area contributed by atoms with Crippen molar-refractivity contribution in [3.05, 3.63) is 46.5 Å². The Balaban J connectivity index is 0.000000414. The van der Waals surface area contributed by atoms with E-state index in [1.54, 1.807) is 37.7 Å². The highest BCUT2D eigenvalue weighted by Gasteiger charge is 2.13. The van der Waals surface area contributed by atoms with Gasteiger partial charge in [-0.15, -0.1) is 0 Å². The zero-order valence-electron chi connectivity index (χ0n) is 20.9.